The van der Waals surface area contributed by atoms with Gasteiger partial charge in [-0.05, 0) is 12.8 Å². The second kappa shape index (κ2) is 2.81. The first-order valence-electron chi connectivity index (χ1n) is 4.34. The fourth-order valence-electron chi connectivity index (χ4n) is 2.25. The number of piperidine rings is 1. The monoisotopic (exact) mass is 154 g/mol. The quantitative estimate of drug-likeness (QED) is 0.401. The summed E-state index contributed by atoms with van der Waals surface area (Å²) in [6.45, 7) is 2.02. The predicted octanol–water partition coefficient (Wildman–Crippen LogP) is 0.836. The van der Waals surface area contributed by atoms with Gasteiger partial charge in [-0.2, -0.15) is 0 Å². The van der Waals surface area contributed by atoms with Crippen LogP contribution in [0.4, 0.5) is 0 Å². The molecule has 2 aliphatic rings. The second-order valence-electron chi connectivity index (χ2n) is 3.51. The standard InChI is InChI=1S/C8H14N2O/c11-10-8-6-2-1-3-7(8)5-9-4-6/h6-7,9,11H,1-5H2. The van der Waals surface area contributed by atoms with Gasteiger partial charge in [0.1, 0.15) is 0 Å². The minimum absolute atomic E-state index is 0.521. The van der Waals surface area contributed by atoms with E-state index < -0.39 is 0 Å². The molecule has 3 nitrogen and oxygen atoms in total. The lowest BCUT2D eigenvalue weighted by Gasteiger charge is -2.35. The van der Waals surface area contributed by atoms with Gasteiger partial charge >= 0.3 is 0 Å². The van der Waals surface area contributed by atoms with Crippen molar-refractivity contribution in [2.75, 3.05) is 13.1 Å². The van der Waals surface area contributed by atoms with E-state index >= 15 is 0 Å². The van der Waals surface area contributed by atoms with Crippen molar-refractivity contribution in [2.24, 2.45) is 17.0 Å². The van der Waals surface area contributed by atoms with Crippen LogP contribution in [0.3, 0.4) is 0 Å². The number of hydrogen-bond donors (Lipinski definition) is 2. The second-order valence-corrected chi connectivity index (χ2v) is 3.51. The summed E-state index contributed by atoms with van der Waals surface area (Å²) in [4.78, 5) is 0. The number of fused-ring (bicyclic) bond motifs is 2. The zero-order chi connectivity index (χ0) is 7.68. The molecule has 62 valence electrons. The molecule has 1 saturated heterocycles. The van der Waals surface area contributed by atoms with Gasteiger partial charge in [0.05, 0.1) is 5.71 Å². The smallest absolute Gasteiger partial charge is 0.0657 e. The maximum atomic E-state index is 8.76. The Bertz CT molecular complexity index is 155. The number of oxime groups is 1. The van der Waals surface area contributed by atoms with Gasteiger partial charge in [-0.3, -0.25) is 0 Å². The van der Waals surface area contributed by atoms with E-state index in [4.69, 9.17) is 5.21 Å². The molecule has 2 atom stereocenters. The van der Waals surface area contributed by atoms with E-state index in [0.29, 0.717) is 11.8 Å². The lowest BCUT2D eigenvalue weighted by Crippen LogP contribution is -2.46. The largest absolute Gasteiger partial charge is 0.411 e. The summed E-state index contributed by atoms with van der Waals surface area (Å²) in [6.07, 6.45) is 3.70. The minimum atomic E-state index is 0.521. The van der Waals surface area contributed by atoms with E-state index in [9.17, 15) is 0 Å². The maximum Gasteiger partial charge on any atom is 0.0657 e. The molecule has 0 radical (unpaired) electrons. The molecule has 0 aromatic carbocycles. The van der Waals surface area contributed by atoms with Crippen LogP contribution in [0.1, 0.15) is 19.3 Å². The van der Waals surface area contributed by atoms with Crippen molar-refractivity contribution in [1.82, 2.24) is 5.32 Å². The van der Waals surface area contributed by atoms with Gasteiger partial charge in [0.2, 0.25) is 0 Å². The fraction of sp³-hybridized carbons (Fsp3) is 0.875. The molecule has 1 saturated carbocycles. The Kier molecular flexibility index (Phi) is 1.82. The molecule has 2 fully saturated rings. The third kappa shape index (κ3) is 1.13. The van der Waals surface area contributed by atoms with E-state index in [1.54, 1.807) is 0 Å². The zero-order valence-corrected chi connectivity index (χ0v) is 6.58. The Morgan fingerprint density at radius 3 is 2.36 bits per heavy atom. The Labute approximate surface area is 66.5 Å². The first kappa shape index (κ1) is 7.10. The first-order chi connectivity index (χ1) is 5.42. The van der Waals surface area contributed by atoms with E-state index in [1.165, 1.54) is 19.3 Å². The van der Waals surface area contributed by atoms with Crippen molar-refractivity contribution < 1.29 is 5.21 Å². The van der Waals surface area contributed by atoms with Crippen LogP contribution < -0.4 is 5.32 Å². The van der Waals surface area contributed by atoms with Gasteiger partial charge in [0, 0.05) is 24.9 Å². The molecule has 0 aromatic rings. The molecule has 2 N–H and O–H groups in total. The summed E-state index contributed by atoms with van der Waals surface area (Å²) >= 11 is 0. The van der Waals surface area contributed by atoms with Crippen LogP contribution in [0, 0.1) is 11.8 Å². The Hall–Kier alpha value is -0.570. The number of hydrogen-bond acceptors (Lipinski definition) is 3. The van der Waals surface area contributed by atoms with Crippen molar-refractivity contribution in [1.29, 1.82) is 0 Å². The molecule has 0 amide bonds. The molecule has 2 bridgehead atoms. The third-order valence-electron chi connectivity index (χ3n) is 2.84. The molecule has 1 aliphatic carbocycles. The van der Waals surface area contributed by atoms with Crippen LogP contribution in [0.2, 0.25) is 0 Å². The van der Waals surface area contributed by atoms with Crippen molar-refractivity contribution in [3.63, 3.8) is 0 Å². The highest BCUT2D eigenvalue weighted by Crippen LogP contribution is 2.28. The molecule has 1 heterocycles. The highest BCUT2D eigenvalue weighted by Gasteiger charge is 2.32. The summed E-state index contributed by atoms with van der Waals surface area (Å²) in [5.74, 6) is 1.04. The van der Waals surface area contributed by atoms with Crippen LogP contribution in [0.5, 0.6) is 0 Å². The van der Waals surface area contributed by atoms with Crippen LogP contribution in [0.15, 0.2) is 5.16 Å². The van der Waals surface area contributed by atoms with Crippen LogP contribution in [0.25, 0.3) is 0 Å². The highest BCUT2D eigenvalue weighted by atomic mass is 16.4. The fourth-order valence-corrected chi connectivity index (χ4v) is 2.25. The van der Waals surface area contributed by atoms with Gasteiger partial charge in [0.15, 0.2) is 0 Å². The molecular formula is C8H14N2O. The van der Waals surface area contributed by atoms with Crippen LogP contribution >= 0.6 is 0 Å². The van der Waals surface area contributed by atoms with Gasteiger partial charge in [-0.25, -0.2) is 0 Å². The third-order valence-corrected chi connectivity index (χ3v) is 2.84. The summed E-state index contributed by atoms with van der Waals surface area (Å²) < 4.78 is 0. The first-order valence-corrected chi connectivity index (χ1v) is 4.34. The highest BCUT2D eigenvalue weighted by molar-refractivity contribution is 5.90. The van der Waals surface area contributed by atoms with Gasteiger partial charge in [-0.15, -0.1) is 0 Å². The molecule has 3 heteroatoms. The van der Waals surface area contributed by atoms with Gasteiger partial charge in [0.25, 0.3) is 0 Å². The summed E-state index contributed by atoms with van der Waals surface area (Å²) in [7, 11) is 0. The molecular weight excluding hydrogens is 140 g/mol. The van der Waals surface area contributed by atoms with E-state index in [-0.39, 0.29) is 0 Å². The lowest BCUT2D eigenvalue weighted by atomic mass is 9.77. The molecule has 0 spiro atoms. The Morgan fingerprint density at radius 1 is 1.27 bits per heavy atom. The van der Waals surface area contributed by atoms with Crippen molar-refractivity contribution in [3.8, 4) is 0 Å². The molecule has 2 rings (SSSR count). The summed E-state index contributed by atoms with van der Waals surface area (Å²) in [6, 6.07) is 0. The molecule has 2 unspecified atom stereocenters. The maximum absolute atomic E-state index is 8.76. The van der Waals surface area contributed by atoms with Crippen molar-refractivity contribution >= 4 is 5.71 Å². The number of nitrogens with one attached hydrogen (secondary N) is 1. The average molecular weight is 154 g/mol. The van der Waals surface area contributed by atoms with E-state index in [1.807, 2.05) is 0 Å². The summed E-state index contributed by atoms with van der Waals surface area (Å²) in [5.41, 5.74) is 1.05. The minimum Gasteiger partial charge on any atom is -0.411 e. The SMILES string of the molecule is ON=C1C2CCCC1CNC2. The average Bonchev–Trinajstić information content (AvgIpc) is 2.03. The number of rotatable bonds is 0. The normalized spacial score (nSPS) is 36.9. The zero-order valence-electron chi connectivity index (χ0n) is 6.58. The van der Waals surface area contributed by atoms with E-state index in [0.717, 1.165) is 18.8 Å². The molecule has 0 aromatic heterocycles. The van der Waals surface area contributed by atoms with Crippen molar-refractivity contribution in [2.45, 2.75) is 19.3 Å². The van der Waals surface area contributed by atoms with Crippen molar-refractivity contribution in [3.05, 3.63) is 0 Å². The number of nitrogens with zero attached hydrogens (tertiary/aromatic N) is 1. The summed E-state index contributed by atoms with van der Waals surface area (Å²) in [5, 5.41) is 15.5. The molecule has 1 aliphatic heterocycles. The Morgan fingerprint density at radius 2 is 1.91 bits per heavy atom. The lowest BCUT2D eigenvalue weighted by molar-refractivity contribution is 0.286. The van der Waals surface area contributed by atoms with Gasteiger partial charge < -0.3 is 10.5 Å². The molecule has 11 heavy (non-hydrogen) atoms. The topological polar surface area (TPSA) is 44.6 Å². The predicted molar refractivity (Wildman–Crippen MR) is 42.9 cm³/mol. The van der Waals surface area contributed by atoms with Crippen LogP contribution in [-0.4, -0.2) is 24.0 Å². The Balaban J connectivity index is 2.17. The van der Waals surface area contributed by atoms with Gasteiger partial charge in [-0.1, -0.05) is 11.6 Å². The van der Waals surface area contributed by atoms with E-state index in [2.05, 4.69) is 10.5 Å². The van der Waals surface area contributed by atoms with Crippen LogP contribution in [-0.2, 0) is 0 Å².